The highest BCUT2D eigenvalue weighted by molar-refractivity contribution is 6.13. The van der Waals surface area contributed by atoms with Crippen LogP contribution in [0.2, 0.25) is 0 Å². The van der Waals surface area contributed by atoms with E-state index in [2.05, 4.69) is 41.4 Å². The van der Waals surface area contributed by atoms with Crippen molar-refractivity contribution in [3.63, 3.8) is 0 Å². The lowest BCUT2D eigenvalue weighted by Gasteiger charge is -2.29. The average Bonchev–Trinajstić information content (AvgIpc) is 2.92. The number of carbonyl (C=O) groups excluding carboxylic acids is 2. The normalized spacial score (nSPS) is 11.7. The van der Waals surface area contributed by atoms with Gasteiger partial charge in [-0.1, -0.05) is 103 Å². The van der Waals surface area contributed by atoms with Crippen LogP contribution in [0.25, 0.3) is 0 Å². The molecule has 0 bridgehead atoms. The van der Waals surface area contributed by atoms with Crippen molar-refractivity contribution >= 4 is 17.4 Å². The fraction of sp³-hybridized carbons (Fsp3) is 0.161. The molecular formula is C31H30N2O2. The highest BCUT2D eigenvalue weighted by atomic mass is 16.2. The Morgan fingerprint density at radius 3 is 2.00 bits per heavy atom. The van der Waals surface area contributed by atoms with E-state index in [9.17, 15) is 9.59 Å². The summed E-state index contributed by atoms with van der Waals surface area (Å²) in [6, 6.07) is 36.9. The second-order valence-electron chi connectivity index (χ2n) is 8.58. The van der Waals surface area contributed by atoms with Crippen molar-refractivity contribution in [1.82, 2.24) is 4.90 Å². The largest absolute Gasteiger partial charge is 0.324 e. The minimum absolute atomic E-state index is 0.0619. The van der Waals surface area contributed by atoms with E-state index >= 15 is 0 Å². The molecule has 35 heavy (non-hydrogen) atoms. The number of benzene rings is 4. The predicted molar refractivity (Wildman–Crippen MR) is 142 cm³/mol. The topological polar surface area (TPSA) is 49.4 Å². The summed E-state index contributed by atoms with van der Waals surface area (Å²) in [5.41, 5.74) is 4.00. The standard InChI is InChI=1S/C31H30N2O2/c1-24(26-15-7-3-8-16-26)33(22-21-25-13-5-2-6-14-25)23-30(34)32-29-20-12-11-19-28(29)31(35)27-17-9-4-10-18-27/h2-20,24H,21-23H2,1H3,(H,32,34)/t24-/m0/s1. The van der Waals surface area contributed by atoms with Crippen LogP contribution in [-0.4, -0.2) is 29.7 Å². The Morgan fingerprint density at radius 2 is 1.31 bits per heavy atom. The molecule has 176 valence electrons. The second kappa shape index (κ2) is 11.9. The van der Waals surface area contributed by atoms with Crippen LogP contribution in [-0.2, 0) is 11.2 Å². The van der Waals surface area contributed by atoms with Crippen LogP contribution in [0.4, 0.5) is 5.69 Å². The fourth-order valence-electron chi connectivity index (χ4n) is 4.18. The molecule has 0 heterocycles. The number of nitrogens with zero attached hydrogens (tertiary/aromatic N) is 1. The molecule has 0 radical (unpaired) electrons. The van der Waals surface area contributed by atoms with Gasteiger partial charge in [-0.15, -0.1) is 0 Å². The van der Waals surface area contributed by atoms with Crippen LogP contribution in [0, 0.1) is 0 Å². The van der Waals surface area contributed by atoms with Gasteiger partial charge in [0.1, 0.15) is 0 Å². The Kier molecular flexibility index (Phi) is 8.21. The molecule has 0 aliphatic carbocycles. The Balaban J connectivity index is 1.50. The third-order valence-electron chi connectivity index (χ3n) is 6.19. The summed E-state index contributed by atoms with van der Waals surface area (Å²) in [4.78, 5) is 28.5. The Morgan fingerprint density at radius 1 is 0.743 bits per heavy atom. The van der Waals surface area contributed by atoms with Gasteiger partial charge in [0.2, 0.25) is 5.91 Å². The summed E-state index contributed by atoms with van der Waals surface area (Å²) in [7, 11) is 0. The molecule has 0 saturated carbocycles. The summed E-state index contributed by atoms with van der Waals surface area (Å²) in [5.74, 6) is -0.255. The van der Waals surface area contributed by atoms with Gasteiger partial charge in [-0.3, -0.25) is 14.5 Å². The number of rotatable bonds is 10. The number of anilines is 1. The molecule has 0 aliphatic heterocycles. The predicted octanol–water partition coefficient (Wildman–Crippen LogP) is 6.16. The number of hydrogen-bond donors (Lipinski definition) is 1. The highest BCUT2D eigenvalue weighted by Crippen LogP contribution is 2.22. The van der Waals surface area contributed by atoms with Crippen LogP contribution < -0.4 is 5.32 Å². The first-order valence-electron chi connectivity index (χ1n) is 11.9. The van der Waals surface area contributed by atoms with Gasteiger partial charge >= 0.3 is 0 Å². The number of ketones is 1. The zero-order valence-corrected chi connectivity index (χ0v) is 19.9. The van der Waals surface area contributed by atoms with Crippen molar-refractivity contribution < 1.29 is 9.59 Å². The van der Waals surface area contributed by atoms with Gasteiger partial charge in [-0.25, -0.2) is 0 Å². The quantitative estimate of drug-likeness (QED) is 0.287. The van der Waals surface area contributed by atoms with Crippen LogP contribution in [0.15, 0.2) is 115 Å². The highest BCUT2D eigenvalue weighted by Gasteiger charge is 2.20. The van der Waals surface area contributed by atoms with Crippen LogP contribution >= 0.6 is 0 Å². The second-order valence-corrected chi connectivity index (χ2v) is 8.58. The van der Waals surface area contributed by atoms with Gasteiger partial charge in [0.15, 0.2) is 5.78 Å². The first-order valence-corrected chi connectivity index (χ1v) is 11.9. The van der Waals surface area contributed by atoms with Crippen LogP contribution in [0.1, 0.15) is 40.0 Å². The third kappa shape index (κ3) is 6.52. The summed E-state index contributed by atoms with van der Waals surface area (Å²) in [6.45, 7) is 3.08. The molecule has 0 spiro atoms. The molecule has 1 N–H and O–H groups in total. The van der Waals surface area contributed by atoms with Crippen molar-refractivity contribution in [3.8, 4) is 0 Å². The van der Waals surface area contributed by atoms with E-state index < -0.39 is 0 Å². The molecular weight excluding hydrogens is 432 g/mol. The molecule has 0 fully saturated rings. The number of amides is 1. The van der Waals surface area contributed by atoms with Crippen LogP contribution in [0.5, 0.6) is 0 Å². The molecule has 0 aromatic heterocycles. The van der Waals surface area contributed by atoms with Crippen molar-refractivity contribution in [1.29, 1.82) is 0 Å². The van der Waals surface area contributed by atoms with Crippen molar-refractivity contribution in [2.45, 2.75) is 19.4 Å². The number of hydrogen-bond acceptors (Lipinski definition) is 3. The van der Waals surface area contributed by atoms with E-state index in [0.717, 1.165) is 18.5 Å². The van der Waals surface area contributed by atoms with Gasteiger partial charge in [0.25, 0.3) is 0 Å². The fourth-order valence-corrected chi connectivity index (χ4v) is 4.18. The maximum atomic E-state index is 13.2. The van der Waals surface area contributed by atoms with Crippen molar-refractivity contribution in [2.24, 2.45) is 0 Å². The average molecular weight is 463 g/mol. The maximum Gasteiger partial charge on any atom is 0.238 e. The summed E-state index contributed by atoms with van der Waals surface area (Å²) in [6.07, 6.45) is 0.842. The molecule has 1 amide bonds. The Hall–Kier alpha value is -4.02. The molecule has 4 nitrogen and oxygen atoms in total. The van der Waals surface area contributed by atoms with Gasteiger partial charge in [0.05, 0.1) is 12.2 Å². The molecule has 0 aliphatic rings. The van der Waals surface area contributed by atoms with E-state index in [1.165, 1.54) is 5.56 Å². The Labute approximate surface area is 207 Å². The molecule has 4 aromatic carbocycles. The number of nitrogens with one attached hydrogen (secondary N) is 1. The lowest BCUT2D eigenvalue weighted by molar-refractivity contribution is -0.117. The molecule has 0 saturated heterocycles. The summed E-state index contributed by atoms with van der Waals surface area (Å²) in [5, 5.41) is 2.99. The van der Waals surface area contributed by atoms with Gasteiger partial charge < -0.3 is 5.32 Å². The molecule has 0 unspecified atom stereocenters. The van der Waals surface area contributed by atoms with Gasteiger partial charge in [0, 0.05) is 23.7 Å². The SMILES string of the molecule is C[C@@H](c1ccccc1)N(CCc1ccccc1)CC(=O)Nc1ccccc1C(=O)c1ccccc1. The zero-order valence-electron chi connectivity index (χ0n) is 19.9. The third-order valence-corrected chi connectivity index (χ3v) is 6.19. The first-order chi connectivity index (χ1) is 17.1. The van der Waals surface area contributed by atoms with Gasteiger partial charge in [-0.05, 0) is 36.6 Å². The zero-order chi connectivity index (χ0) is 24.5. The lowest BCUT2D eigenvalue weighted by Crippen LogP contribution is -2.37. The van der Waals surface area contributed by atoms with E-state index in [4.69, 9.17) is 0 Å². The lowest BCUT2D eigenvalue weighted by atomic mass is 10.0. The number of carbonyl (C=O) groups is 2. The number of para-hydroxylation sites is 1. The molecule has 4 rings (SSSR count). The van der Waals surface area contributed by atoms with E-state index in [-0.39, 0.29) is 24.3 Å². The molecule has 4 heteroatoms. The van der Waals surface area contributed by atoms with Gasteiger partial charge in [-0.2, -0.15) is 0 Å². The van der Waals surface area contributed by atoms with Crippen molar-refractivity contribution in [2.75, 3.05) is 18.4 Å². The monoisotopic (exact) mass is 462 g/mol. The summed E-state index contributed by atoms with van der Waals surface area (Å²) >= 11 is 0. The maximum absolute atomic E-state index is 13.2. The Bertz CT molecular complexity index is 1240. The minimum Gasteiger partial charge on any atom is -0.324 e. The smallest absolute Gasteiger partial charge is 0.238 e. The first kappa shape index (κ1) is 24.1. The van der Waals surface area contributed by atoms with E-state index in [1.807, 2.05) is 66.7 Å². The molecule has 1 atom stereocenters. The summed E-state index contributed by atoms with van der Waals surface area (Å²) < 4.78 is 0. The van der Waals surface area contributed by atoms with Crippen LogP contribution in [0.3, 0.4) is 0 Å². The molecule has 4 aromatic rings. The van der Waals surface area contributed by atoms with E-state index in [1.54, 1.807) is 24.3 Å². The van der Waals surface area contributed by atoms with E-state index in [0.29, 0.717) is 16.8 Å². The van der Waals surface area contributed by atoms with Crippen molar-refractivity contribution in [3.05, 3.63) is 138 Å². The minimum atomic E-state index is -0.144.